The highest BCUT2D eigenvalue weighted by atomic mass is 19.1. The lowest BCUT2D eigenvalue weighted by Gasteiger charge is -2.01. The number of halogens is 2. The number of rotatable bonds is 5. The van der Waals surface area contributed by atoms with E-state index in [1.165, 1.54) is 6.20 Å². The van der Waals surface area contributed by atoms with E-state index in [-0.39, 0.29) is 11.3 Å². The minimum absolute atomic E-state index is 0.0392. The maximum atomic E-state index is 14.0. The molecule has 0 atom stereocenters. The molecule has 0 spiro atoms. The monoisotopic (exact) mass is 295 g/mol. The maximum absolute atomic E-state index is 14.0. The molecule has 1 saturated carbocycles. The van der Waals surface area contributed by atoms with Crippen LogP contribution in [0.3, 0.4) is 0 Å². The minimum atomic E-state index is -1.14. The Balaban J connectivity index is 1.90. The second-order valence-corrected chi connectivity index (χ2v) is 4.82. The standard InChI is InChI=1S/C13H11F2N3O3/c14-7-3-9(13(15)10(4-7)18(19)20)11-5-17-12(21-11)6-16-8-1-2-8/h3-5,8,16H,1-2,6H2. The SMILES string of the molecule is O=[N+]([O-])c1cc(F)cc(-c2cnc(CNC3CC3)o2)c1F. The zero-order valence-electron chi connectivity index (χ0n) is 10.8. The second-order valence-electron chi connectivity index (χ2n) is 4.82. The van der Waals surface area contributed by atoms with E-state index in [0.717, 1.165) is 18.9 Å². The van der Waals surface area contributed by atoms with E-state index in [9.17, 15) is 18.9 Å². The van der Waals surface area contributed by atoms with Gasteiger partial charge >= 0.3 is 5.69 Å². The fraction of sp³-hybridized carbons (Fsp3) is 0.308. The summed E-state index contributed by atoms with van der Waals surface area (Å²) in [6, 6.07) is 1.83. The van der Waals surface area contributed by atoms with Gasteiger partial charge in [0.05, 0.1) is 29.3 Å². The highest BCUT2D eigenvalue weighted by Crippen LogP contribution is 2.31. The molecule has 110 valence electrons. The fourth-order valence-electron chi connectivity index (χ4n) is 1.92. The first-order valence-electron chi connectivity index (χ1n) is 6.36. The molecular formula is C13H11F2N3O3. The van der Waals surface area contributed by atoms with Gasteiger partial charge < -0.3 is 9.73 Å². The first-order valence-corrected chi connectivity index (χ1v) is 6.36. The normalized spacial score (nSPS) is 14.4. The predicted octanol–water partition coefficient (Wildman–Crippen LogP) is 2.78. The molecule has 1 fully saturated rings. The van der Waals surface area contributed by atoms with E-state index < -0.39 is 22.2 Å². The third kappa shape index (κ3) is 2.89. The third-order valence-electron chi connectivity index (χ3n) is 3.15. The van der Waals surface area contributed by atoms with Crippen LogP contribution in [0.2, 0.25) is 0 Å². The number of nitrogens with zero attached hydrogens (tertiary/aromatic N) is 2. The number of hydrogen-bond donors (Lipinski definition) is 1. The molecule has 8 heteroatoms. The second kappa shape index (κ2) is 5.21. The molecule has 0 radical (unpaired) electrons. The fourth-order valence-corrected chi connectivity index (χ4v) is 1.92. The number of oxazole rings is 1. The first-order chi connectivity index (χ1) is 10.0. The van der Waals surface area contributed by atoms with Crippen LogP contribution in [0.5, 0.6) is 0 Å². The van der Waals surface area contributed by atoms with Gasteiger partial charge in [-0.15, -0.1) is 0 Å². The van der Waals surface area contributed by atoms with Crippen LogP contribution in [0, 0.1) is 21.7 Å². The lowest BCUT2D eigenvalue weighted by molar-refractivity contribution is -0.387. The molecule has 6 nitrogen and oxygen atoms in total. The Morgan fingerprint density at radius 2 is 2.19 bits per heavy atom. The Morgan fingerprint density at radius 3 is 2.86 bits per heavy atom. The van der Waals surface area contributed by atoms with E-state index >= 15 is 0 Å². The van der Waals surface area contributed by atoms with E-state index in [0.29, 0.717) is 24.5 Å². The van der Waals surface area contributed by atoms with E-state index in [2.05, 4.69) is 10.3 Å². The van der Waals surface area contributed by atoms with Gasteiger partial charge in [-0.2, -0.15) is 4.39 Å². The molecule has 0 amide bonds. The molecule has 21 heavy (non-hydrogen) atoms. The van der Waals surface area contributed by atoms with E-state index in [1.807, 2.05) is 0 Å². The molecule has 1 heterocycles. The van der Waals surface area contributed by atoms with Crippen molar-refractivity contribution in [1.82, 2.24) is 10.3 Å². The smallest absolute Gasteiger partial charge is 0.308 e. The molecule has 3 rings (SSSR count). The largest absolute Gasteiger partial charge is 0.439 e. The van der Waals surface area contributed by atoms with Gasteiger partial charge in [-0.25, -0.2) is 9.37 Å². The Bertz CT molecular complexity index is 698. The van der Waals surface area contributed by atoms with Crippen molar-refractivity contribution < 1.29 is 18.1 Å². The van der Waals surface area contributed by atoms with Gasteiger partial charge in [-0.3, -0.25) is 10.1 Å². The Kier molecular flexibility index (Phi) is 3.38. The average molecular weight is 295 g/mol. The van der Waals surface area contributed by atoms with Crippen molar-refractivity contribution >= 4 is 5.69 Å². The van der Waals surface area contributed by atoms with Crippen molar-refractivity contribution in [3.05, 3.63) is 46.0 Å². The van der Waals surface area contributed by atoms with Crippen LogP contribution in [0.1, 0.15) is 18.7 Å². The summed E-state index contributed by atoms with van der Waals surface area (Å²) in [5.41, 5.74) is -1.24. The molecule has 2 aromatic rings. The van der Waals surface area contributed by atoms with Crippen molar-refractivity contribution in [2.75, 3.05) is 0 Å². The molecule has 1 aromatic heterocycles. The zero-order chi connectivity index (χ0) is 15.0. The summed E-state index contributed by atoms with van der Waals surface area (Å²) < 4.78 is 32.7. The quantitative estimate of drug-likeness (QED) is 0.677. The van der Waals surface area contributed by atoms with Crippen LogP contribution in [0.15, 0.2) is 22.7 Å². The van der Waals surface area contributed by atoms with Crippen molar-refractivity contribution in [3.8, 4) is 11.3 Å². The van der Waals surface area contributed by atoms with E-state index in [4.69, 9.17) is 4.42 Å². The number of hydrogen-bond acceptors (Lipinski definition) is 5. The van der Waals surface area contributed by atoms with Gasteiger partial charge in [0.1, 0.15) is 5.82 Å². The van der Waals surface area contributed by atoms with Crippen LogP contribution in [0.4, 0.5) is 14.5 Å². The van der Waals surface area contributed by atoms with Gasteiger partial charge in [0.25, 0.3) is 0 Å². The number of benzene rings is 1. The Hall–Kier alpha value is -2.35. The molecule has 0 aliphatic heterocycles. The number of nitro groups is 1. The summed E-state index contributed by atoms with van der Waals surface area (Å²) in [6.45, 7) is 0.379. The summed E-state index contributed by atoms with van der Waals surface area (Å²) in [6.07, 6.45) is 3.42. The summed E-state index contributed by atoms with van der Waals surface area (Å²) in [5.74, 6) is -1.77. The van der Waals surface area contributed by atoms with Crippen LogP contribution in [-0.2, 0) is 6.54 Å². The van der Waals surface area contributed by atoms with Gasteiger partial charge in [0.2, 0.25) is 11.7 Å². The molecule has 1 N–H and O–H groups in total. The maximum Gasteiger partial charge on any atom is 0.308 e. The lowest BCUT2D eigenvalue weighted by Crippen LogP contribution is -2.15. The Morgan fingerprint density at radius 1 is 1.43 bits per heavy atom. The van der Waals surface area contributed by atoms with E-state index in [1.54, 1.807) is 0 Å². The van der Waals surface area contributed by atoms with Crippen LogP contribution in [-0.4, -0.2) is 15.9 Å². The molecule has 0 saturated heterocycles. The number of nitrogens with one attached hydrogen (secondary N) is 1. The molecule has 0 bridgehead atoms. The van der Waals surface area contributed by atoms with Gasteiger partial charge in [-0.05, 0) is 18.9 Å². The average Bonchev–Trinajstić information content (AvgIpc) is 3.16. The highest BCUT2D eigenvalue weighted by molar-refractivity contribution is 5.62. The summed E-state index contributed by atoms with van der Waals surface area (Å²) in [5, 5.41) is 13.9. The van der Waals surface area contributed by atoms with Gasteiger partial charge in [0.15, 0.2) is 5.76 Å². The summed E-state index contributed by atoms with van der Waals surface area (Å²) in [7, 11) is 0. The Labute approximate surface area is 117 Å². The minimum Gasteiger partial charge on any atom is -0.439 e. The summed E-state index contributed by atoms with van der Waals surface area (Å²) in [4.78, 5) is 13.7. The zero-order valence-corrected chi connectivity index (χ0v) is 10.8. The topological polar surface area (TPSA) is 81.2 Å². The molecule has 0 unspecified atom stereocenters. The summed E-state index contributed by atoms with van der Waals surface area (Å²) >= 11 is 0. The van der Waals surface area contributed by atoms with Crippen molar-refractivity contribution in [3.63, 3.8) is 0 Å². The number of aromatic nitrogens is 1. The van der Waals surface area contributed by atoms with Crippen LogP contribution in [0.25, 0.3) is 11.3 Å². The van der Waals surface area contributed by atoms with Gasteiger partial charge in [-0.1, -0.05) is 0 Å². The molecular weight excluding hydrogens is 284 g/mol. The van der Waals surface area contributed by atoms with Crippen molar-refractivity contribution in [2.45, 2.75) is 25.4 Å². The van der Waals surface area contributed by atoms with Crippen molar-refractivity contribution in [1.29, 1.82) is 0 Å². The molecule has 1 aliphatic carbocycles. The third-order valence-corrected chi connectivity index (χ3v) is 3.15. The van der Waals surface area contributed by atoms with Gasteiger partial charge in [0, 0.05) is 6.04 Å². The lowest BCUT2D eigenvalue weighted by atomic mass is 10.1. The first kappa shape index (κ1) is 13.6. The van der Waals surface area contributed by atoms with Crippen LogP contribution >= 0.6 is 0 Å². The number of nitro benzene ring substituents is 1. The van der Waals surface area contributed by atoms with Crippen molar-refractivity contribution in [2.24, 2.45) is 0 Å². The molecule has 1 aliphatic rings. The predicted molar refractivity (Wildman–Crippen MR) is 68.4 cm³/mol. The highest BCUT2D eigenvalue weighted by Gasteiger charge is 2.24. The molecule has 1 aromatic carbocycles. The van der Waals surface area contributed by atoms with Crippen LogP contribution < -0.4 is 5.32 Å².